The number of urea groups is 2. The van der Waals surface area contributed by atoms with Crippen LogP contribution in [0.4, 0.5) is 15.3 Å². The molecule has 1 aromatic rings. The number of benzene rings is 1. The van der Waals surface area contributed by atoms with Gasteiger partial charge < -0.3 is 20.2 Å². The normalized spacial score (nSPS) is 18.9. The second-order valence-corrected chi connectivity index (χ2v) is 7.41. The third kappa shape index (κ3) is 3.86. The van der Waals surface area contributed by atoms with Crippen molar-refractivity contribution < 1.29 is 14.7 Å². The van der Waals surface area contributed by atoms with E-state index in [1.54, 1.807) is 33.8 Å². The molecule has 0 bridgehead atoms. The Labute approximate surface area is 169 Å². The minimum atomic E-state index is -0.138. The van der Waals surface area contributed by atoms with E-state index in [2.05, 4.69) is 5.32 Å². The monoisotopic (exact) mass is 405 g/mol. The Morgan fingerprint density at radius 3 is 2.86 bits per heavy atom. The largest absolute Gasteiger partial charge is 0.396 e. The van der Waals surface area contributed by atoms with Gasteiger partial charge in [0.1, 0.15) is 6.07 Å². The van der Waals surface area contributed by atoms with E-state index in [4.69, 9.17) is 22.0 Å². The molecule has 0 radical (unpaired) electrons. The molecule has 1 atom stereocenters. The molecule has 3 rings (SSSR count). The molecule has 8 nitrogen and oxygen atoms in total. The first-order valence-corrected chi connectivity index (χ1v) is 9.76. The average molecular weight is 406 g/mol. The van der Waals surface area contributed by atoms with E-state index in [0.717, 1.165) is 6.42 Å². The highest BCUT2D eigenvalue weighted by Crippen LogP contribution is 2.33. The average Bonchev–Trinajstić information content (AvgIpc) is 3.03. The lowest BCUT2D eigenvalue weighted by Crippen LogP contribution is -2.56. The summed E-state index contributed by atoms with van der Waals surface area (Å²) in [5.41, 5.74) is 1.78. The minimum absolute atomic E-state index is 0.0849. The van der Waals surface area contributed by atoms with Gasteiger partial charge in [0.2, 0.25) is 0 Å². The van der Waals surface area contributed by atoms with Crippen molar-refractivity contribution in [3.8, 4) is 6.07 Å². The summed E-state index contributed by atoms with van der Waals surface area (Å²) in [6.07, 6.45) is 1.39. The van der Waals surface area contributed by atoms with Crippen LogP contribution in [0.1, 0.15) is 24.0 Å². The van der Waals surface area contributed by atoms with E-state index in [1.807, 2.05) is 6.07 Å². The predicted octanol–water partition coefficient (Wildman–Crippen LogP) is 1.93. The first-order chi connectivity index (χ1) is 13.5. The SMILES string of the molecule is Cc1c(N2C[C@@H]3CN(C(=O)NCCCCO)CCN3C2=O)ccc(C#N)c1Cl. The molecule has 0 spiro atoms. The van der Waals surface area contributed by atoms with Crippen molar-refractivity contribution in [2.24, 2.45) is 0 Å². The van der Waals surface area contributed by atoms with Gasteiger partial charge in [0.25, 0.3) is 0 Å². The number of fused-ring (bicyclic) bond motifs is 1. The van der Waals surface area contributed by atoms with E-state index in [0.29, 0.717) is 61.0 Å². The molecule has 2 N–H and O–H groups in total. The van der Waals surface area contributed by atoms with Crippen molar-refractivity contribution in [3.63, 3.8) is 0 Å². The van der Waals surface area contributed by atoms with Gasteiger partial charge in [0, 0.05) is 45.0 Å². The molecule has 28 heavy (non-hydrogen) atoms. The lowest BCUT2D eigenvalue weighted by Gasteiger charge is -2.36. The summed E-state index contributed by atoms with van der Waals surface area (Å²) in [7, 11) is 0. The van der Waals surface area contributed by atoms with Gasteiger partial charge in [0.05, 0.1) is 16.6 Å². The fourth-order valence-electron chi connectivity index (χ4n) is 3.69. The van der Waals surface area contributed by atoms with Crippen LogP contribution >= 0.6 is 11.6 Å². The molecule has 0 saturated carbocycles. The first kappa shape index (κ1) is 20.2. The van der Waals surface area contributed by atoms with Gasteiger partial charge >= 0.3 is 12.1 Å². The Morgan fingerprint density at radius 1 is 1.36 bits per heavy atom. The van der Waals surface area contributed by atoms with E-state index >= 15 is 0 Å². The standard InChI is InChI=1S/C19H24ClN5O3/c1-13-16(5-4-14(10-21)17(13)20)25-12-15-11-23(7-8-24(15)19(25)28)18(27)22-6-2-3-9-26/h4-5,15,26H,2-3,6-9,11-12H2,1H3,(H,22,27)/t15-/m0/s1. The van der Waals surface area contributed by atoms with Gasteiger partial charge in [-0.05, 0) is 37.5 Å². The van der Waals surface area contributed by atoms with Crippen LogP contribution in [0.25, 0.3) is 0 Å². The molecule has 2 fully saturated rings. The van der Waals surface area contributed by atoms with Crippen molar-refractivity contribution in [1.82, 2.24) is 15.1 Å². The summed E-state index contributed by atoms with van der Waals surface area (Å²) in [5.74, 6) is 0. The third-order valence-corrected chi connectivity index (χ3v) is 5.76. The van der Waals surface area contributed by atoms with Crippen molar-refractivity contribution >= 4 is 29.4 Å². The topological polar surface area (TPSA) is 99.9 Å². The lowest BCUT2D eigenvalue weighted by atomic mass is 10.1. The highest BCUT2D eigenvalue weighted by Gasteiger charge is 2.42. The van der Waals surface area contributed by atoms with Crippen LogP contribution in [0, 0.1) is 18.3 Å². The zero-order chi connectivity index (χ0) is 20.3. The number of halogens is 1. The number of carbonyl (C=O) groups is 2. The number of piperazine rings is 1. The number of nitrogens with zero attached hydrogens (tertiary/aromatic N) is 4. The number of aliphatic hydroxyl groups is 1. The van der Waals surface area contributed by atoms with E-state index < -0.39 is 0 Å². The van der Waals surface area contributed by atoms with Gasteiger partial charge in [0.15, 0.2) is 0 Å². The maximum atomic E-state index is 12.9. The van der Waals surface area contributed by atoms with Crippen LogP contribution in [-0.2, 0) is 0 Å². The van der Waals surface area contributed by atoms with Gasteiger partial charge in [-0.2, -0.15) is 5.26 Å². The van der Waals surface area contributed by atoms with Crippen molar-refractivity contribution in [2.75, 3.05) is 44.2 Å². The Bertz CT molecular complexity index is 809. The van der Waals surface area contributed by atoms with Crippen LogP contribution in [0.5, 0.6) is 0 Å². The van der Waals surface area contributed by atoms with Crippen LogP contribution in [0.2, 0.25) is 5.02 Å². The number of nitriles is 1. The van der Waals surface area contributed by atoms with Crippen LogP contribution in [-0.4, -0.2) is 72.3 Å². The van der Waals surface area contributed by atoms with E-state index in [1.165, 1.54) is 0 Å². The van der Waals surface area contributed by atoms with Gasteiger partial charge in [-0.15, -0.1) is 0 Å². The molecule has 0 aliphatic carbocycles. The van der Waals surface area contributed by atoms with Gasteiger partial charge in [-0.1, -0.05) is 11.6 Å². The Balaban J connectivity index is 1.67. The molecule has 2 heterocycles. The second kappa shape index (κ2) is 8.67. The van der Waals surface area contributed by atoms with Crippen molar-refractivity contribution in [2.45, 2.75) is 25.8 Å². The number of amides is 4. The fourth-order valence-corrected chi connectivity index (χ4v) is 3.89. The molecule has 0 aromatic heterocycles. The minimum Gasteiger partial charge on any atom is -0.396 e. The molecular formula is C19H24ClN5O3. The molecular weight excluding hydrogens is 382 g/mol. The molecule has 2 saturated heterocycles. The van der Waals surface area contributed by atoms with E-state index in [9.17, 15) is 9.59 Å². The number of hydrogen-bond donors (Lipinski definition) is 2. The number of aliphatic hydroxyl groups excluding tert-OH is 1. The zero-order valence-corrected chi connectivity index (χ0v) is 16.6. The molecule has 2 aliphatic heterocycles. The Hall–Kier alpha value is -2.50. The van der Waals surface area contributed by atoms with Crippen molar-refractivity contribution in [3.05, 3.63) is 28.3 Å². The van der Waals surface area contributed by atoms with Crippen LogP contribution in [0.3, 0.4) is 0 Å². The molecule has 150 valence electrons. The first-order valence-electron chi connectivity index (χ1n) is 9.39. The Morgan fingerprint density at radius 2 is 2.14 bits per heavy atom. The number of nitrogens with one attached hydrogen (secondary N) is 1. The van der Waals surface area contributed by atoms with Gasteiger partial charge in [-0.3, -0.25) is 4.90 Å². The summed E-state index contributed by atoms with van der Waals surface area (Å²) >= 11 is 6.26. The fraction of sp³-hybridized carbons (Fsp3) is 0.526. The smallest absolute Gasteiger partial charge is 0.325 e. The van der Waals surface area contributed by atoms with E-state index in [-0.39, 0.29) is 24.7 Å². The van der Waals surface area contributed by atoms with Crippen LogP contribution in [0.15, 0.2) is 12.1 Å². The predicted molar refractivity (Wildman–Crippen MR) is 105 cm³/mol. The lowest BCUT2D eigenvalue weighted by molar-refractivity contribution is 0.129. The summed E-state index contributed by atoms with van der Waals surface area (Å²) in [6.45, 7) is 4.34. The quantitative estimate of drug-likeness (QED) is 0.731. The zero-order valence-electron chi connectivity index (χ0n) is 15.8. The number of unbranched alkanes of at least 4 members (excludes halogenated alkanes) is 1. The number of hydrogen-bond acceptors (Lipinski definition) is 4. The summed E-state index contributed by atoms with van der Waals surface area (Å²) < 4.78 is 0. The summed E-state index contributed by atoms with van der Waals surface area (Å²) in [6, 6.07) is 5.10. The third-order valence-electron chi connectivity index (χ3n) is 5.27. The van der Waals surface area contributed by atoms with Gasteiger partial charge in [-0.25, -0.2) is 9.59 Å². The maximum absolute atomic E-state index is 12.9. The number of rotatable bonds is 5. The number of anilines is 1. The molecule has 4 amide bonds. The second-order valence-electron chi connectivity index (χ2n) is 7.03. The summed E-state index contributed by atoms with van der Waals surface area (Å²) in [5, 5.41) is 21.1. The highest BCUT2D eigenvalue weighted by atomic mass is 35.5. The summed E-state index contributed by atoms with van der Waals surface area (Å²) in [4.78, 5) is 30.4. The number of carbonyl (C=O) groups excluding carboxylic acids is 2. The Kier molecular flexibility index (Phi) is 6.27. The molecule has 1 aromatic carbocycles. The molecule has 2 aliphatic rings. The molecule has 0 unspecified atom stereocenters. The van der Waals surface area contributed by atoms with Crippen LogP contribution < -0.4 is 10.2 Å². The maximum Gasteiger partial charge on any atom is 0.325 e. The highest BCUT2D eigenvalue weighted by molar-refractivity contribution is 6.33. The van der Waals surface area contributed by atoms with Crippen molar-refractivity contribution in [1.29, 1.82) is 5.26 Å². The molecule has 9 heteroatoms.